The predicted octanol–water partition coefficient (Wildman–Crippen LogP) is 2.33. The number of methoxy groups -OCH3 is 4. The van der Waals surface area contributed by atoms with Crippen LogP contribution in [0.3, 0.4) is 0 Å². The molecule has 1 aromatic rings. The lowest BCUT2D eigenvalue weighted by Crippen LogP contribution is -2.25. The maximum atomic E-state index is 11.6. The van der Waals surface area contributed by atoms with Gasteiger partial charge in [-0.15, -0.1) is 0 Å². The quantitative estimate of drug-likeness (QED) is 0.591. The lowest BCUT2D eigenvalue weighted by atomic mass is 10.1. The summed E-state index contributed by atoms with van der Waals surface area (Å²) in [5.41, 5.74) is 0.785. The van der Waals surface area contributed by atoms with Gasteiger partial charge in [0.2, 0.25) is 0 Å². The molecule has 0 aliphatic heterocycles. The Morgan fingerprint density at radius 1 is 1.11 bits per heavy atom. The van der Waals surface area contributed by atoms with E-state index >= 15 is 0 Å². The van der Waals surface area contributed by atoms with Gasteiger partial charge in [-0.25, -0.2) is 0 Å². The van der Waals surface area contributed by atoms with Gasteiger partial charge in [0.05, 0.1) is 21.3 Å². The largest absolute Gasteiger partial charge is 0.493 e. The number of rotatable bonds is 6. The molecule has 1 rings (SSSR count). The first-order valence-electron chi connectivity index (χ1n) is 5.55. The Morgan fingerprint density at radius 3 is 2.21 bits per heavy atom. The number of carbonyl (C=O) groups is 1. The van der Waals surface area contributed by atoms with Gasteiger partial charge in [-0.05, 0) is 17.7 Å². The monoisotopic (exact) mass is 332 g/mol. The minimum absolute atomic E-state index is 0.401. The zero-order valence-electron chi connectivity index (χ0n) is 11.3. The maximum absolute atomic E-state index is 11.6. The van der Waals surface area contributed by atoms with Crippen molar-refractivity contribution in [3.8, 4) is 11.5 Å². The second kappa shape index (κ2) is 7.35. The van der Waals surface area contributed by atoms with E-state index in [4.69, 9.17) is 18.9 Å². The van der Waals surface area contributed by atoms with Crippen molar-refractivity contribution in [3.05, 3.63) is 23.8 Å². The summed E-state index contributed by atoms with van der Waals surface area (Å²) >= 11 is 3.28. The maximum Gasteiger partial charge on any atom is 0.322 e. The van der Waals surface area contributed by atoms with Crippen molar-refractivity contribution in [1.82, 2.24) is 0 Å². The number of esters is 1. The number of halogens is 1. The molecule has 0 saturated heterocycles. The third kappa shape index (κ3) is 3.61. The fourth-order valence-electron chi connectivity index (χ4n) is 1.69. The average Bonchev–Trinajstić information content (AvgIpc) is 2.46. The molecule has 0 unspecified atom stereocenters. The van der Waals surface area contributed by atoms with Gasteiger partial charge in [0.15, 0.2) is 11.5 Å². The van der Waals surface area contributed by atoms with Crippen molar-refractivity contribution in [2.45, 2.75) is 10.9 Å². The van der Waals surface area contributed by atoms with Gasteiger partial charge in [0.1, 0.15) is 10.9 Å². The van der Waals surface area contributed by atoms with Gasteiger partial charge < -0.3 is 18.9 Å². The number of benzene rings is 1. The molecule has 0 spiro atoms. The Labute approximate surface area is 120 Å². The standard InChI is InChI=1S/C13H17BrO5/c1-16-9-6-5-8(7-10(9)17-2)12(18-3)11(14)13(15)19-4/h5-7,11-12H,1-4H3/t11-,12+/m1/s1. The van der Waals surface area contributed by atoms with Crippen LogP contribution in [0.15, 0.2) is 18.2 Å². The van der Waals surface area contributed by atoms with Crippen molar-refractivity contribution in [1.29, 1.82) is 0 Å². The van der Waals surface area contributed by atoms with E-state index in [0.29, 0.717) is 11.5 Å². The first-order chi connectivity index (χ1) is 9.08. The van der Waals surface area contributed by atoms with Crippen LogP contribution in [0.5, 0.6) is 11.5 Å². The van der Waals surface area contributed by atoms with E-state index in [9.17, 15) is 4.79 Å². The molecule has 0 radical (unpaired) electrons. The molecule has 0 N–H and O–H groups in total. The van der Waals surface area contributed by atoms with Crippen LogP contribution < -0.4 is 9.47 Å². The second-order valence-corrected chi connectivity index (χ2v) is 4.68. The molecule has 0 heterocycles. The Balaban J connectivity index is 3.08. The van der Waals surface area contributed by atoms with Gasteiger partial charge in [-0.3, -0.25) is 4.79 Å². The number of hydrogen-bond acceptors (Lipinski definition) is 5. The summed E-state index contributed by atoms with van der Waals surface area (Å²) in [5.74, 6) is 0.790. The van der Waals surface area contributed by atoms with Crippen LogP contribution in [0.1, 0.15) is 11.7 Å². The summed E-state index contributed by atoms with van der Waals surface area (Å²) in [6, 6.07) is 5.34. The van der Waals surface area contributed by atoms with Crippen LogP contribution in [0, 0.1) is 0 Å². The van der Waals surface area contributed by atoms with Crippen LogP contribution in [-0.4, -0.2) is 39.2 Å². The minimum Gasteiger partial charge on any atom is -0.493 e. The summed E-state index contributed by atoms with van der Waals surface area (Å²) in [7, 11) is 5.97. The molecule has 5 nitrogen and oxygen atoms in total. The van der Waals surface area contributed by atoms with E-state index in [1.54, 1.807) is 26.4 Å². The predicted molar refractivity (Wildman–Crippen MR) is 74.0 cm³/mol. The molecule has 0 aliphatic carbocycles. The smallest absolute Gasteiger partial charge is 0.322 e. The molecular weight excluding hydrogens is 316 g/mol. The SMILES string of the molecule is COC(=O)[C@H](Br)[C@@H](OC)c1ccc(OC)c(OC)c1. The molecule has 0 bridgehead atoms. The summed E-state index contributed by atoms with van der Waals surface area (Å²) in [6.45, 7) is 0. The van der Waals surface area contributed by atoms with Crippen LogP contribution in [0.2, 0.25) is 0 Å². The molecule has 2 atom stereocenters. The number of alkyl halides is 1. The number of carbonyl (C=O) groups excluding carboxylic acids is 1. The normalized spacial score (nSPS) is 13.5. The lowest BCUT2D eigenvalue weighted by molar-refractivity contribution is -0.142. The van der Waals surface area contributed by atoms with Crippen LogP contribution in [-0.2, 0) is 14.3 Å². The highest BCUT2D eigenvalue weighted by Crippen LogP contribution is 2.34. The molecular formula is C13H17BrO5. The third-order valence-electron chi connectivity index (χ3n) is 2.68. The molecule has 0 saturated carbocycles. The summed E-state index contributed by atoms with van der Waals surface area (Å²) in [4.78, 5) is 11.0. The zero-order valence-corrected chi connectivity index (χ0v) is 12.9. The minimum atomic E-state index is -0.597. The van der Waals surface area contributed by atoms with Gasteiger partial charge in [-0.1, -0.05) is 22.0 Å². The molecule has 0 amide bonds. The summed E-state index contributed by atoms with van der Waals surface area (Å²) in [5, 5.41) is 0. The molecule has 0 aromatic heterocycles. The summed E-state index contributed by atoms with van der Waals surface area (Å²) < 4.78 is 20.4. The van der Waals surface area contributed by atoms with Gasteiger partial charge >= 0.3 is 5.97 Å². The first kappa shape index (κ1) is 15.8. The van der Waals surface area contributed by atoms with Crippen molar-refractivity contribution in [2.75, 3.05) is 28.4 Å². The van der Waals surface area contributed by atoms with E-state index in [1.165, 1.54) is 14.2 Å². The van der Waals surface area contributed by atoms with E-state index in [0.717, 1.165) is 5.56 Å². The number of ether oxygens (including phenoxy) is 4. The Hall–Kier alpha value is -1.27. The molecule has 1 aromatic carbocycles. The molecule has 6 heteroatoms. The Bertz CT molecular complexity index is 435. The average molecular weight is 333 g/mol. The highest BCUT2D eigenvalue weighted by molar-refractivity contribution is 9.10. The van der Waals surface area contributed by atoms with Crippen LogP contribution in [0.4, 0.5) is 0 Å². The number of hydrogen-bond donors (Lipinski definition) is 0. The van der Waals surface area contributed by atoms with Crippen molar-refractivity contribution in [3.63, 3.8) is 0 Å². The van der Waals surface area contributed by atoms with Crippen LogP contribution in [0.25, 0.3) is 0 Å². The van der Waals surface area contributed by atoms with E-state index in [1.807, 2.05) is 6.07 Å². The highest BCUT2D eigenvalue weighted by Gasteiger charge is 2.28. The van der Waals surface area contributed by atoms with Gasteiger partial charge in [-0.2, -0.15) is 0 Å². The van der Waals surface area contributed by atoms with E-state index < -0.39 is 16.9 Å². The van der Waals surface area contributed by atoms with Crippen LogP contribution >= 0.6 is 15.9 Å². The first-order valence-corrected chi connectivity index (χ1v) is 6.47. The fraction of sp³-hybridized carbons (Fsp3) is 0.462. The van der Waals surface area contributed by atoms with E-state index in [2.05, 4.69) is 15.9 Å². The Kier molecular flexibility index (Phi) is 6.11. The lowest BCUT2D eigenvalue weighted by Gasteiger charge is -2.20. The second-order valence-electron chi connectivity index (χ2n) is 3.70. The van der Waals surface area contributed by atoms with E-state index in [-0.39, 0.29) is 0 Å². The van der Waals surface area contributed by atoms with Gasteiger partial charge in [0, 0.05) is 7.11 Å². The topological polar surface area (TPSA) is 54.0 Å². The molecule has 19 heavy (non-hydrogen) atoms. The van der Waals surface area contributed by atoms with Gasteiger partial charge in [0.25, 0.3) is 0 Å². The van der Waals surface area contributed by atoms with Crippen molar-refractivity contribution < 1.29 is 23.7 Å². The molecule has 0 aliphatic rings. The third-order valence-corrected chi connectivity index (χ3v) is 3.54. The highest BCUT2D eigenvalue weighted by atomic mass is 79.9. The summed E-state index contributed by atoms with van der Waals surface area (Å²) in [6.07, 6.45) is -0.479. The molecule has 0 fully saturated rings. The molecule has 106 valence electrons. The van der Waals surface area contributed by atoms with Crippen molar-refractivity contribution in [2.24, 2.45) is 0 Å². The zero-order chi connectivity index (χ0) is 14.4. The fourth-order valence-corrected chi connectivity index (χ4v) is 2.40. The Morgan fingerprint density at radius 2 is 1.74 bits per heavy atom. The van der Waals surface area contributed by atoms with Crippen molar-refractivity contribution >= 4 is 21.9 Å².